The molecule has 138 valence electrons. The van der Waals surface area contributed by atoms with E-state index >= 15 is 0 Å². The standard InChI is InChI=1S/C12H24O11/c13-1-5(17)7(18)9(20)11(22,3-15)12(4-16)10(21)8(19)6(2-14)23-12/h5-10,13-22H,1-4H2/t5-,6-,7-,8-,9+,10+,11-,12-/m1/s1. The van der Waals surface area contributed by atoms with Gasteiger partial charge >= 0.3 is 0 Å². The molecule has 0 aliphatic carbocycles. The molecule has 8 atom stereocenters. The second kappa shape index (κ2) is 7.63. The van der Waals surface area contributed by atoms with Crippen LogP contribution in [0.2, 0.25) is 0 Å². The maximum Gasteiger partial charge on any atom is 0.153 e. The van der Waals surface area contributed by atoms with E-state index in [2.05, 4.69) is 0 Å². The first-order valence-corrected chi connectivity index (χ1v) is 6.90. The lowest BCUT2D eigenvalue weighted by atomic mass is 9.73. The number of hydrogen-bond donors (Lipinski definition) is 10. The van der Waals surface area contributed by atoms with Crippen LogP contribution < -0.4 is 0 Å². The van der Waals surface area contributed by atoms with E-state index in [1.807, 2.05) is 0 Å². The van der Waals surface area contributed by atoms with Gasteiger partial charge in [0.25, 0.3) is 0 Å². The highest BCUT2D eigenvalue weighted by Gasteiger charge is 2.67. The predicted octanol–water partition coefficient (Wildman–Crippen LogP) is -6.37. The largest absolute Gasteiger partial charge is 0.394 e. The Kier molecular flexibility index (Phi) is 6.84. The third-order valence-corrected chi connectivity index (χ3v) is 4.33. The maximum atomic E-state index is 10.6. The van der Waals surface area contributed by atoms with Crippen molar-refractivity contribution in [1.82, 2.24) is 0 Å². The van der Waals surface area contributed by atoms with E-state index < -0.39 is 74.3 Å². The molecule has 0 bridgehead atoms. The minimum absolute atomic E-state index is 0.806. The summed E-state index contributed by atoms with van der Waals surface area (Å²) in [6.45, 7) is -4.36. The Morgan fingerprint density at radius 2 is 1.61 bits per heavy atom. The lowest BCUT2D eigenvalue weighted by Gasteiger charge is -2.47. The van der Waals surface area contributed by atoms with Crippen LogP contribution in [0.25, 0.3) is 0 Å². The minimum atomic E-state index is -2.94. The summed E-state index contributed by atoms with van der Waals surface area (Å²) in [5, 5.41) is 96.5. The van der Waals surface area contributed by atoms with Gasteiger partial charge in [0, 0.05) is 0 Å². The minimum Gasteiger partial charge on any atom is -0.394 e. The summed E-state index contributed by atoms with van der Waals surface area (Å²) in [6.07, 6.45) is -11.7. The van der Waals surface area contributed by atoms with E-state index in [-0.39, 0.29) is 0 Å². The molecule has 0 radical (unpaired) electrons. The summed E-state index contributed by atoms with van der Waals surface area (Å²) >= 11 is 0. The summed E-state index contributed by atoms with van der Waals surface area (Å²) in [5.74, 6) is 0. The topological polar surface area (TPSA) is 212 Å². The average Bonchev–Trinajstić information content (AvgIpc) is 2.84. The fourth-order valence-electron chi connectivity index (χ4n) is 2.74. The van der Waals surface area contributed by atoms with Gasteiger partial charge in [-0.1, -0.05) is 0 Å². The Labute approximate surface area is 131 Å². The Balaban J connectivity index is 3.27. The molecule has 0 amide bonds. The molecule has 23 heavy (non-hydrogen) atoms. The van der Waals surface area contributed by atoms with E-state index in [1.54, 1.807) is 0 Å². The zero-order chi connectivity index (χ0) is 18.0. The zero-order valence-corrected chi connectivity index (χ0v) is 12.2. The fraction of sp³-hybridized carbons (Fsp3) is 1.00. The molecule has 0 unspecified atom stereocenters. The van der Waals surface area contributed by atoms with Gasteiger partial charge < -0.3 is 55.8 Å². The van der Waals surface area contributed by atoms with Gasteiger partial charge in [0.05, 0.1) is 26.4 Å². The summed E-state index contributed by atoms with van der Waals surface area (Å²) in [6, 6.07) is 0. The summed E-state index contributed by atoms with van der Waals surface area (Å²) in [5.41, 5.74) is -5.51. The molecule has 11 nitrogen and oxygen atoms in total. The van der Waals surface area contributed by atoms with Crippen molar-refractivity contribution < 1.29 is 55.8 Å². The van der Waals surface area contributed by atoms with Crippen molar-refractivity contribution >= 4 is 0 Å². The molecule has 1 rings (SSSR count). The van der Waals surface area contributed by atoms with Crippen LogP contribution in [0, 0.1) is 0 Å². The number of hydrogen-bond acceptors (Lipinski definition) is 11. The lowest BCUT2D eigenvalue weighted by Crippen LogP contribution is -2.73. The zero-order valence-electron chi connectivity index (χ0n) is 12.2. The average molecular weight is 344 g/mol. The van der Waals surface area contributed by atoms with Crippen molar-refractivity contribution in [2.45, 2.75) is 47.8 Å². The van der Waals surface area contributed by atoms with E-state index in [4.69, 9.17) is 14.9 Å². The highest BCUT2D eigenvalue weighted by molar-refractivity contribution is 5.16. The molecule has 1 saturated heterocycles. The van der Waals surface area contributed by atoms with Crippen LogP contribution in [0.4, 0.5) is 0 Å². The van der Waals surface area contributed by atoms with Gasteiger partial charge in [-0.25, -0.2) is 0 Å². The summed E-state index contributed by atoms with van der Waals surface area (Å²) < 4.78 is 5.09. The summed E-state index contributed by atoms with van der Waals surface area (Å²) in [4.78, 5) is 0. The first-order valence-electron chi connectivity index (χ1n) is 6.90. The first kappa shape index (κ1) is 20.6. The van der Waals surface area contributed by atoms with Gasteiger partial charge in [-0.3, -0.25) is 0 Å². The molecule has 0 spiro atoms. The predicted molar refractivity (Wildman–Crippen MR) is 70.9 cm³/mol. The monoisotopic (exact) mass is 344 g/mol. The first-order chi connectivity index (χ1) is 10.7. The Hall–Kier alpha value is -0.440. The van der Waals surface area contributed by atoms with E-state index in [0.29, 0.717) is 0 Å². The van der Waals surface area contributed by atoms with Gasteiger partial charge in [-0.15, -0.1) is 0 Å². The molecule has 0 aromatic heterocycles. The third kappa shape index (κ3) is 3.10. The molecule has 0 aromatic carbocycles. The number of aliphatic hydroxyl groups is 10. The second-order valence-electron chi connectivity index (χ2n) is 5.59. The number of aliphatic hydroxyl groups excluding tert-OH is 9. The lowest BCUT2D eigenvalue weighted by molar-refractivity contribution is -0.284. The molecule has 11 heteroatoms. The molecule has 0 aromatic rings. The molecule has 1 heterocycles. The molecular formula is C12H24O11. The Morgan fingerprint density at radius 3 is 1.96 bits per heavy atom. The van der Waals surface area contributed by atoms with Crippen molar-refractivity contribution in [1.29, 1.82) is 0 Å². The van der Waals surface area contributed by atoms with E-state index in [1.165, 1.54) is 0 Å². The SMILES string of the molecule is OC[C@@H](O)[C@@H](O)[C@H](O)[C@](O)(CO)[C@]1(CO)O[C@H](CO)[C@@H](O)[C@@H]1O. The van der Waals surface area contributed by atoms with Crippen LogP contribution >= 0.6 is 0 Å². The molecule has 0 saturated carbocycles. The van der Waals surface area contributed by atoms with E-state index in [0.717, 1.165) is 0 Å². The molecule has 10 N–H and O–H groups in total. The van der Waals surface area contributed by atoms with Crippen LogP contribution in [-0.4, -0.2) is 125 Å². The smallest absolute Gasteiger partial charge is 0.153 e. The van der Waals surface area contributed by atoms with Crippen LogP contribution in [0.3, 0.4) is 0 Å². The molecule has 1 aliphatic heterocycles. The van der Waals surface area contributed by atoms with Crippen molar-refractivity contribution in [3.63, 3.8) is 0 Å². The maximum absolute atomic E-state index is 10.6. The van der Waals surface area contributed by atoms with Crippen LogP contribution in [0.5, 0.6) is 0 Å². The Morgan fingerprint density at radius 1 is 1.04 bits per heavy atom. The fourth-order valence-corrected chi connectivity index (χ4v) is 2.74. The second-order valence-corrected chi connectivity index (χ2v) is 5.59. The quantitative estimate of drug-likeness (QED) is 0.200. The van der Waals surface area contributed by atoms with Crippen molar-refractivity contribution in [3.8, 4) is 0 Å². The van der Waals surface area contributed by atoms with Crippen LogP contribution in [0.1, 0.15) is 0 Å². The van der Waals surface area contributed by atoms with Crippen molar-refractivity contribution in [2.24, 2.45) is 0 Å². The summed E-state index contributed by atoms with van der Waals surface area (Å²) in [7, 11) is 0. The Bertz CT molecular complexity index is 382. The van der Waals surface area contributed by atoms with Gasteiger partial charge in [-0.05, 0) is 0 Å². The van der Waals surface area contributed by atoms with Crippen LogP contribution in [0.15, 0.2) is 0 Å². The number of rotatable bonds is 8. The van der Waals surface area contributed by atoms with Gasteiger partial charge in [0.2, 0.25) is 0 Å². The van der Waals surface area contributed by atoms with Gasteiger partial charge in [0.15, 0.2) is 5.60 Å². The van der Waals surface area contributed by atoms with Crippen molar-refractivity contribution in [2.75, 3.05) is 26.4 Å². The molecule has 1 aliphatic rings. The highest BCUT2D eigenvalue weighted by atomic mass is 16.6. The third-order valence-electron chi connectivity index (χ3n) is 4.33. The number of ether oxygens (including phenoxy) is 1. The van der Waals surface area contributed by atoms with E-state index in [9.17, 15) is 40.9 Å². The molecular weight excluding hydrogens is 320 g/mol. The normalized spacial score (nSPS) is 38.1. The molecule has 1 fully saturated rings. The highest BCUT2D eigenvalue weighted by Crippen LogP contribution is 2.42. The van der Waals surface area contributed by atoms with Crippen LogP contribution in [-0.2, 0) is 4.74 Å². The van der Waals surface area contributed by atoms with Crippen molar-refractivity contribution in [3.05, 3.63) is 0 Å². The van der Waals surface area contributed by atoms with Gasteiger partial charge in [-0.2, -0.15) is 0 Å². The van der Waals surface area contributed by atoms with Gasteiger partial charge in [0.1, 0.15) is 42.2 Å².